The van der Waals surface area contributed by atoms with Crippen molar-refractivity contribution in [3.8, 4) is 11.4 Å². The molecule has 0 aliphatic carbocycles. The summed E-state index contributed by atoms with van der Waals surface area (Å²) in [4.78, 5) is 24.4. The minimum absolute atomic E-state index is 0.0186. The molecule has 10 heteroatoms. The van der Waals surface area contributed by atoms with E-state index in [1.165, 1.54) is 7.11 Å². The van der Waals surface area contributed by atoms with Crippen molar-refractivity contribution in [2.24, 2.45) is 0 Å². The van der Waals surface area contributed by atoms with Crippen LogP contribution in [-0.2, 0) is 20.8 Å². The van der Waals surface area contributed by atoms with Gasteiger partial charge in [0, 0.05) is 24.0 Å². The predicted molar refractivity (Wildman–Crippen MR) is 120 cm³/mol. The fourth-order valence-electron chi connectivity index (χ4n) is 2.78. The zero-order valence-electron chi connectivity index (χ0n) is 17.2. The summed E-state index contributed by atoms with van der Waals surface area (Å²) in [5.41, 5.74) is 2.98. The van der Waals surface area contributed by atoms with E-state index in [9.17, 15) is 9.59 Å². The number of H-pyrrole nitrogens is 1. The fraction of sp³-hybridized carbons (Fsp3) is 0.238. The molecule has 0 fully saturated rings. The summed E-state index contributed by atoms with van der Waals surface area (Å²) < 4.78 is 11.8. The van der Waals surface area contributed by atoms with E-state index in [1.807, 2.05) is 31.2 Å². The van der Waals surface area contributed by atoms with Crippen LogP contribution >= 0.6 is 12.2 Å². The first-order valence-electron chi connectivity index (χ1n) is 9.51. The van der Waals surface area contributed by atoms with E-state index in [4.69, 9.17) is 21.7 Å². The molecule has 9 nitrogen and oxygen atoms in total. The Bertz CT molecular complexity index is 1110. The van der Waals surface area contributed by atoms with Crippen molar-refractivity contribution in [1.29, 1.82) is 0 Å². The van der Waals surface area contributed by atoms with Gasteiger partial charge >= 0.3 is 6.09 Å². The number of nitrogens with one attached hydrogen (secondary N) is 3. The molecule has 0 unspecified atom stereocenters. The lowest BCUT2D eigenvalue weighted by molar-refractivity contribution is -0.116. The highest BCUT2D eigenvalue weighted by Gasteiger charge is 2.13. The molecule has 0 aliphatic heterocycles. The van der Waals surface area contributed by atoms with Gasteiger partial charge in [-0.3, -0.25) is 19.8 Å². The van der Waals surface area contributed by atoms with Crippen LogP contribution in [0.25, 0.3) is 11.4 Å². The zero-order chi connectivity index (χ0) is 22.2. The van der Waals surface area contributed by atoms with Crippen molar-refractivity contribution in [3.05, 3.63) is 58.9 Å². The Morgan fingerprint density at radius 3 is 2.52 bits per heavy atom. The molecule has 3 rings (SSSR count). The van der Waals surface area contributed by atoms with Crippen LogP contribution in [0.3, 0.4) is 0 Å². The largest absolute Gasteiger partial charge is 0.447 e. The molecule has 0 spiro atoms. The highest BCUT2D eigenvalue weighted by molar-refractivity contribution is 7.71. The number of ether oxygens (including phenoxy) is 2. The topological polar surface area (TPSA) is 110 Å². The molecule has 0 radical (unpaired) electrons. The zero-order valence-corrected chi connectivity index (χ0v) is 18.0. The number of benzene rings is 2. The summed E-state index contributed by atoms with van der Waals surface area (Å²) in [5.74, 6) is 0.292. The van der Waals surface area contributed by atoms with E-state index in [2.05, 4.69) is 20.8 Å². The maximum atomic E-state index is 12.6. The predicted octanol–water partition coefficient (Wildman–Crippen LogP) is 3.75. The summed E-state index contributed by atoms with van der Waals surface area (Å²) in [7, 11) is 1.52. The molecular formula is C21H23N5O4S. The Morgan fingerprint density at radius 2 is 1.81 bits per heavy atom. The molecule has 0 bridgehead atoms. The van der Waals surface area contributed by atoms with Gasteiger partial charge in [-0.15, -0.1) is 0 Å². The molecule has 1 aromatic heterocycles. The van der Waals surface area contributed by atoms with E-state index in [1.54, 1.807) is 28.8 Å². The number of hydrogen-bond acceptors (Lipinski definition) is 6. The van der Waals surface area contributed by atoms with Crippen molar-refractivity contribution >= 4 is 35.6 Å². The van der Waals surface area contributed by atoms with Crippen LogP contribution in [0.2, 0.25) is 0 Å². The van der Waals surface area contributed by atoms with Crippen LogP contribution in [0.15, 0.2) is 48.5 Å². The van der Waals surface area contributed by atoms with E-state index < -0.39 is 6.09 Å². The fourth-order valence-corrected chi connectivity index (χ4v) is 2.97. The maximum absolute atomic E-state index is 12.6. The second-order valence-corrected chi connectivity index (χ2v) is 7.07. The molecule has 1 heterocycles. The Hall–Kier alpha value is -3.50. The van der Waals surface area contributed by atoms with E-state index in [0.717, 1.165) is 11.1 Å². The third kappa shape index (κ3) is 6.24. The normalized spacial score (nSPS) is 10.5. The molecule has 0 aliphatic rings. The number of aryl methyl sites for hydroxylation is 1. The molecule has 3 N–H and O–H groups in total. The summed E-state index contributed by atoms with van der Waals surface area (Å²) in [6, 6.07) is 14.5. The lowest BCUT2D eigenvalue weighted by atomic mass is 10.1. The van der Waals surface area contributed by atoms with E-state index in [-0.39, 0.29) is 19.1 Å². The molecule has 2 amide bonds. The van der Waals surface area contributed by atoms with Crippen LogP contribution < -0.4 is 10.6 Å². The number of carbonyl (C=O) groups excluding carboxylic acids is 2. The van der Waals surface area contributed by atoms with Crippen molar-refractivity contribution in [2.45, 2.75) is 13.5 Å². The van der Waals surface area contributed by atoms with Gasteiger partial charge in [0.25, 0.3) is 0 Å². The van der Waals surface area contributed by atoms with Crippen molar-refractivity contribution < 1.29 is 19.1 Å². The first kappa shape index (κ1) is 22.2. The van der Waals surface area contributed by atoms with E-state index in [0.29, 0.717) is 28.6 Å². The molecule has 3 aromatic rings. The lowest BCUT2D eigenvalue weighted by Gasteiger charge is -2.10. The Labute approximate surface area is 184 Å². The monoisotopic (exact) mass is 441 g/mol. The standard InChI is InChI=1S/C21H23N5O4S/c1-14-6-8-15(9-7-14)19-24-25-20(31)26(19)13-18(27)22-16-4-3-5-17(12-16)23-21(28)30-11-10-29-2/h3-9,12H,10-11,13H2,1-2H3,(H,22,27)(H,23,28)(H,25,31). The summed E-state index contributed by atoms with van der Waals surface area (Å²) >= 11 is 5.29. The third-order valence-electron chi connectivity index (χ3n) is 4.28. The minimum Gasteiger partial charge on any atom is -0.447 e. The number of aromatic nitrogens is 3. The number of anilines is 2. The van der Waals surface area contributed by atoms with Gasteiger partial charge in [0.1, 0.15) is 13.2 Å². The van der Waals surface area contributed by atoms with Crippen LogP contribution in [0.1, 0.15) is 5.56 Å². The molecule has 162 valence electrons. The van der Waals surface area contributed by atoms with Gasteiger partial charge in [-0.05, 0) is 37.3 Å². The van der Waals surface area contributed by atoms with Gasteiger partial charge in [0.15, 0.2) is 10.6 Å². The molecule has 0 atom stereocenters. The Morgan fingerprint density at radius 1 is 1.10 bits per heavy atom. The number of carbonyl (C=O) groups is 2. The van der Waals surface area contributed by atoms with Crippen LogP contribution in [0, 0.1) is 11.7 Å². The average Bonchev–Trinajstić information content (AvgIpc) is 3.09. The van der Waals surface area contributed by atoms with Gasteiger partial charge in [-0.2, -0.15) is 5.10 Å². The molecule has 2 aromatic carbocycles. The Kier molecular flexibility index (Phi) is 7.52. The quantitative estimate of drug-likeness (QED) is 0.363. The SMILES string of the molecule is COCCOC(=O)Nc1cccc(NC(=O)Cn2c(-c3ccc(C)cc3)n[nH]c2=S)c1. The van der Waals surface area contributed by atoms with Gasteiger partial charge < -0.3 is 14.8 Å². The second kappa shape index (κ2) is 10.5. The van der Waals surface area contributed by atoms with Crippen molar-refractivity contribution in [3.63, 3.8) is 0 Å². The average molecular weight is 442 g/mol. The van der Waals surface area contributed by atoms with E-state index >= 15 is 0 Å². The van der Waals surface area contributed by atoms with Crippen LogP contribution in [-0.4, -0.2) is 47.1 Å². The molecule has 0 saturated carbocycles. The smallest absolute Gasteiger partial charge is 0.411 e. The Balaban J connectivity index is 1.65. The van der Waals surface area contributed by atoms with Crippen LogP contribution in [0.5, 0.6) is 0 Å². The van der Waals surface area contributed by atoms with Gasteiger partial charge in [-0.25, -0.2) is 4.79 Å². The van der Waals surface area contributed by atoms with Gasteiger partial charge in [0.05, 0.1) is 6.61 Å². The first-order chi connectivity index (χ1) is 15.0. The minimum atomic E-state index is -0.604. The number of rotatable bonds is 8. The van der Waals surface area contributed by atoms with Gasteiger partial charge in [0.2, 0.25) is 5.91 Å². The van der Waals surface area contributed by atoms with Crippen molar-refractivity contribution in [2.75, 3.05) is 31.0 Å². The third-order valence-corrected chi connectivity index (χ3v) is 4.59. The van der Waals surface area contributed by atoms with Crippen LogP contribution in [0.4, 0.5) is 16.2 Å². The summed E-state index contributed by atoms with van der Waals surface area (Å²) in [6.07, 6.45) is -0.604. The number of nitrogens with zero attached hydrogens (tertiary/aromatic N) is 2. The van der Waals surface area contributed by atoms with Gasteiger partial charge in [-0.1, -0.05) is 35.9 Å². The maximum Gasteiger partial charge on any atom is 0.411 e. The molecular weight excluding hydrogens is 418 g/mol. The highest BCUT2D eigenvalue weighted by Crippen LogP contribution is 2.19. The number of amides is 2. The molecule has 31 heavy (non-hydrogen) atoms. The lowest BCUT2D eigenvalue weighted by Crippen LogP contribution is -2.20. The highest BCUT2D eigenvalue weighted by atomic mass is 32.1. The first-order valence-corrected chi connectivity index (χ1v) is 9.92. The van der Waals surface area contributed by atoms with Crippen molar-refractivity contribution in [1.82, 2.24) is 14.8 Å². The number of aromatic amines is 1. The second-order valence-electron chi connectivity index (χ2n) is 6.69. The number of hydrogen-bond donors (Lipinski definition) is 3. The summed E-state index contributed by atoms with van der Waals surface area (Å²) in [5, 5.41) is 12.4. The molecule has 0 saturated heterocycles. The number of methoxy groups -OCH3 is 1. The summed E-state index contributed by atoms with van der Waals surface area (Å²) in [6.45, 7) is 2.43.